The first-order chi connectivity index (χ1) is 10.0. The largest absolute Gasteiger partial charge is 0.368 e. The average Bonchev–Trinajstić information content (AvgIpc) is 2.84. The van der Waals surface area contributed by atoms with Crippen LogP contribution in [0.4, 0.5) is 5.95 Å². The number of hydrogen-bond acceptors (Lipinski definition) is 5. The molecule has 6 heteroatoms. The summed E-state index contributed by atoms with van der Waals surface area (Å²) in [5.41, 5.74) is 9.84. The van der Waals surface area contributed by atoms with E-state index in [-0.39, 0.29) is 11.5 Å². The molecular weight excluding hydrogens is 284 g/mol. The second kappa shape index (κ2) is 4.96. The summed E-state index contributed by atoms with van der Waals surface area (Å²) in [6.07, 6.45) is 0. The van der Waals surface area contributed by atoms with Crippen LogP contribution in [0, 0.1) is 13.8 Å². The van der Waals surface area contributed by atoms with Gasteiger partial charge >= 0.3 is 0 Å². The van der Waals surface area contributed by atoms with Gasteiger partial charge in [0.2, 0.25) is 5.95 Å². The van der Waals surface area contributed by atoms with Crippen molar-refractivity contribution in [1.82, 2.24) is 14.5 Å². The molecule has 21 heavy (non-hydrogen) atoms. The van der Waals surface area contributed by atoms with E-state index in [1.165, 1.54) is 0 Å². The van der Waals surface area contributed by atoms with Crippen LogP contribution in [0.1, 0.15) is 18.2 Å². The normalized spacial score (nSPS) is 11.2. The lowest BCUT2D eigenvalue weighted by molar-refractivity contribution is 0.750. The van der Waals surface area contributed by atoms with Crippen molar-refractivity contribution in [3.8, 4) is 11.1 Å². The zero-order valence-electron chi connectivity index (χ0n) is 12.2. The fraction of sp³-hybridized carbons (Fsp3) is 0.267. The molecule has 0 aliphatic carbocycles. The summed E-state index contributed by atoms with van der Waals surface area (Å²) in [5.74, 6) is 0.195. The van der Waals surface area contributed by atoms with Crippen molar-refractivity contribution in [3.63, 3.8) is 0 Å². The molecular formula is C15H16N4OS. The number of pyridine rings is 1. The summed E-state index contributed by atoms with van der Waals surface area (Å²) in [4.78, 5) is 21.2. The Kier molecular flexibility index (Phi) is 3.25. The highest BCUT2D eigenvalue weighted by Gasteiger charge is 2.15. The van der Waals surface area contributed by atoms with E-state index in [9.17, 15) is 4.79 Å². The van der Waals surface area contributed by atoms with E-state index < -0.39 is 0 Å². The summed E-state index contributed by atoms with van der Waals surface area (Å²) < 4.78 is 1.66. The number of aromatic nitrogens is 3. The molecule has 0 spiro atoms. The van der Waals surface area contributed by atoms with E-state index in [1.807, 2.05) is 37.6 Å². The van der Waals surface area contributed by atoms with Gasteiger partial charge in [0, 0.05) is 23.1 Å². The molecule has 0 amide bonds. The lowest BCUT2D eigenvalue weighted by Crippen LogP contribution is -2.23. The summed E-state index contributed by atoms with van der Waals surface area (Å²) in [6.45, 7) is 6.37. The predicted molar refractivity (Wildman–Crippen MR) is 86.7 cm³/mol. The van der Waals surface area contributed by atoms with Crippen LogP contribution in [0.5, 0.6) is 0 Å². The molecule has 0 bridgehead atoms. The average molecular weight is 300 g/mol. The molecule has 0 atom stereocenters. The zero-order chi connectivity index (χ0) is 15.1. The number of rotatable bonds is 2. The Morgan fingerprint density at radius 1 is 1.24 bits per heavy atom. The Morgan fingerprint density at radius 3 is 2.62 bits per heavy atom. The highest BCUT2D eigenvalue weighted by Crippen LogP contribution is 2.27. The van der Waals surface area contributed by atoms with E-state index in [0.29, 0.717) is 17.8 Å². The third-order valence-electron chi connectivity index (χ3n) is 3.62. The molecule has 2 N–H and O–H groups in total. The van der Waals surface area contributed by atoms with E-state index in [2.05, 4.69) is 9.97 Å². The van der Waals surface area contributed by atoms with Crippen LogP contribution in [0.2, 0.25) is 0 Å². The Bertz CT molecular complexity index is 895. The molecule has 0 fully saturated rings. The molecule has 0 saturated heterocycles. The molecule has 0 saturated carbocycles. The van der Waals surface area contributed by atoms with Crippen LogP contribution in [-0.4, -0.2) is 14.5 Å². The predicted octanol–water partition coefficient (Wildman–Crippen LogP) is 2.74. The van der Waals surface area contributed by atoms with E-state index in [4.69, 9.17) is 5.73 Å². The SMILES string of the molecule is CCn1c(=O)c(-c2cscc2C)cc2c(C)nc(N)nc21. The summed E-state index contributed by atoms with van der Waals surface area (Å²) in [5, 5.41) is 4.92. The lowest BCUT2D eigenvalue weighted by atomic mass is 10.1. The first-order valence-electron chi connectivity index (χ1n) is 6.73. The van der Waals surface area contributed by atoms with Gasteiger partial charge in [-0.05, 0) is 43.2 Å². The van der Waals surface area contributed by atoms with Gasteiger partial charge in [-0.1, -0.05) is 0 Å². The minimum Gasteiger partial charge on any atom is -0.368 e. The number of fused-ring (bicyclic) bond motifs is 1. The van der Waals surface area contributed by atoms with Gasteiger partial charge in [-0.15, -0.1) is 0 Å². The highest BCUT2D eigenvalue weighted by atomic mass is 32.1. The molecule has 0 aliphatic rings. The highest BCUT2D eigenvalue weighted by molar-refractivity contribution is 7.08. The van der Waals surface area contributed by atoms with Crippen LogP contribution >= 0.6 is 11.3 Å². The Labute approximate surface area is 126 Å². The number of aryl methyl sites for hydroxylation is 3. The van der Waals surface area contributed by atoms with Crippen molar-refractivity contribution in [2.45, 2.75) is 27.3 Å². The van der Waals surface area contributed by atoms with Crippen molar-refractivity contribution in [2.75, 3.05) is 5.73 Å². The molecule has 3 aromatic heterocycles. The Morgan fingerprint density at radius 2 is 2.00 bits per heavy atom. The zero-order valence-corrected chi connectivity index (χ0v) is 13.0. The number of nitrogen functional groups attached to an aromatic ring is 1. The quantitative estimate of drug-likeness (QED) is 0.789. The van der Waals surface area contributed by atoms with Gasteiger partial charge in [-0.2, -0.15) is 16.3 Å². The maximum absolute atomic E-state index is 12.8. The number of nitrogens with two attached hydrogens (primary N) is 1. The fourth-order valence-electron chi connectivity index (χ4n) is 2.53. The van der Waals surface area contributed by atoms with Crippen LogP contribution in [0.25, 0.3) is 22.2 Å². The van der Waals surface area contributed by atoms with Gasteiger partial charge in [0.15, 0.2) is 0 Å². The van der Waals surface area contributed by atoms with Crippen LogP contribution < -0.4 is 11.3 Å². The molecule has 5 nitrogen and oxygen atoms in total. The number of nitrogens with zero attached hydrogens (tertiary/aromatic N) is 3. The smallest absolute Gasteiger partial charge is 0.260 e. The maximum atomic E-state index is 12.8. The third-order valence-corrected chi connectivity index (χ3v) is 4.48. The van der Waals surface area contributed by atoms with E-state index >= 15 is 0 Å². The van der Waals surface area contributed by atoms with Crippen molar-refractivity contribution in [2.24, 2.45) is 0 Å². The van der Waals surface area contributed by atoms with Gasteiger partial charge in [-0.25, -0.2) is 4.98 Å². The molecule has 0 aliphatic heterocycles. The van der Waals surface area contributed by atoms with Gasteiger partial charge in [0.05, 0.1) is 5.69 Å². The number of thiophene rings is 1. The summed E-state index contributed by atoms with van der Waals surface area (Å²) in [7, 11) is 0. The standard InChI is InChI=1S/C15H16N4OS/c1-4-19-13-10(9(3)17-15(16)18-13)5-11(14(19)20)12-7-21-6-8(12)2/h5-7H,4H2,1-3H3,(H2,16,17,18). The Hall–Kier alpha value is -2.21. The molecule has 108 valence electrons. The first-order valence-corrected chi connectivity index (χ1v) is 7.68. The van der Waals surface area contributed by atoms with Gasteiger partial charge in [0.1, 0.15) is 5.65 Å². The van der Waals surface area contributed by atoms with E-state index in [0.717, 1.165) is 22.2 Å². The van der Waals surface area contributed by atoms with Crippen molar-refractivity contribution in [1.29, 1.82) is 0 Å². The summed E-state index contributed by atoms with van der Waals surface area (Å²) in [6, 6.07) is 1.88. The maximum Gasteiger partial charge on any atom is 0.260 e. The van der Waals surface area contributed by atoms with Crippen molar-refractivity contribution >= 4 is 28.3 Å². The minimum absolute atomic E-state index is 0.0380. The number of hydrogen-bond donors (Lipinski definition) is 1. The van der Waals surface area contributed by atoms with Crippen molar-refractivity contribution in [3.05, 3.63) is 38.4 Å². The van der Waals surface area contributed by atoms with Gasteiger partial charge in [-0.3, -0.25) is 9.36 Å². The first kappa shape index (κ1) is 13.8. The van der Waals surface area contributed by atoms with Crippen LogP contribution in [0.15, 0.2) is 21.6 Å². The fourth-order valence-corrected chi connectivity index (χ4v) is 3.38. The minimum atomic E-state index is -0.0380. The van der Waals surface area contributed by atoms with Gasteiger partial charge in [0.25, 0.3) is 5.56 Å². The lowest BCUT2D eigenvalue weighted by Gasteiger charge is -2.12. The Balaban J connectivity index is 2.47. The number of anilines is 1. The van der Waals surface area contributed by atoms with Gasteiger partial charge < -0.3 is 5.73 Å². The molecule has 3 aromatic rings. The third kappa shape index (κ3) is 2.12. The topological polar surface area (TPSA) is 73.8 Å². The van der Waals surface area contributed by atoms with Crippen LogP contribution in [0.3, 0.4) is 0 Å². The molecule has 0 aromatic carbocycles. The molecule has 3 heterocycles. The molecule has 0 radical (unpaired) electrons. The monoisotopic (exact) mass is 300 g/mol. The molecule has 0 unspecified atom stereocenters. The van der Waals surface area contributed by atoms with E-state index in [1.54, 1.807) is 15.9 Å². The van der Waals surface area contributed by atoms with Crippen molar-refractivity contribution < 1.29 is 0 Å². The second-order valence-electron chi connectivity index (χ2n) is 4.98. The summed E-state index contributed by atoms with van der Waals surface area (Å²) >= 11 is 1.60. The molecule has 3 rings (SSSR count). The second-order valence-corrected chi connectivity index (χ2v) is 5.72. The van der Waals surface area contributed by atoms with Crippen LogP contribution in [-0.2, 0) is 6.54 Å².